The lowest BCUT2D eigenvalue weighted by Gasteiger charge is -2.59. The summed E-state index contributed by atoms with van der Waals surface area (Å²) in [5.74, 6) is 0. The van der Waals surface area contributed by atoms with Crippen molar-refractivity contribution in [1.82, 2.24) is 10.6 Å². The Morgan fingerprint density at radius 2 is 2.06 bits per heavy atom. The predicted octanol–water partition coefficient (Wildman–Crippen LogP) is 1.53. The van der Waals surface area contributed by atoms with Crippen LogP contribution in [0.15, 0.2) is 0 Å². The molecule has 106 valence electrons. The van der Waals surface area contributed by atoms with Crippen molar-refractivity contribution in [2.45, 2.75) is 45.8 Å². The Morgan fingerprint density at radius 3 is 2.56 bits per heavy atom. The number of methoxy groups -OCH3 is 1. The summed E-state index contributed by atoms with van der Waals surface area (Å²) >= 11 is 0. The molecule has 0 aromatic rings. The van der Waals surface area contributed by atoms with Gasteiger partial charge in [-0.25, -0.2) is 4.79 Å². The van der Waals surface area contributed by atoms with Crippen molar-refractivity contribution < 1.29 is 14.3 Å². The minimum absolute atomic E-state index is 0.0565. The molecule has 0 bridgehead atoms. The van der Waals surface area contributed by atoms with Crippen LogP contribution >= 0.6 is 0 Å². The van der Waals surface area contributed by atoms with Crippen LogP contribution in [-0.2, 0) is 9.47 Å². The molecule has 1 aliphatic rings. The van der Waals surface area contributed by atoms with E-state index in [4.69, 9.17) is 9.47 Å². The summed E-state index contributed by atoms with van der Waals surface area (Å²) < 4.78 is 10.7. The molecule has 5 nitrogen and oxygen atoms in total. The van der Waals surface area contributed by atoms with Gasteiger partial charge in [0.25, 0.3) is 0 Å². The zero-order chi connectivity index (χ0) is 13.8. The summed E-state index contributed by atoms with van der Waals surface area (Å²) in [6, 6.07) is 0.0143. The number of ether oxygens (including phenoxy) is 2. The summed E-state index contributed by atoms with van der Waals surface area (Å²) in [6.07, 6.45) is 0.843. The van der Waals surface area contributed by atoms with E-state index in [1.807, 2.05) is 6.92 Å². The fourth-order valence-corrected chi connectivity index (χ4v) is 2.31. The van der Waals surface area contributed by atoms with E-state index in [1.54, 1.807) is 7.11 Å². The SMILES string of the molecule is CCOCCNC(=O)N[C@H]1C[C@](C)(OC)C1(C)C. The predicted molar refractivity (Wildman–Crippen MR) is 70.6 cm³/mol. The molecule has 0 aromatic carbocycles. The zero-order valence-electron chi connectivity index (χ0n) is 12.1. The molecule has 2 N–H and O–H groups in total. The number of carbonyl (C=O) groups is 1. The number of urea groups is 1. The van der Waals surface area contributed by atoms with Crippen LogP contribution in [0.4, 0.5) is 4.79 Å². The van der Waals surface area contributed by atoms with Crippen LogP contribution in [0, 0.1) is 5.41 Å². The Balaban J connectivity index is 2.30. The van der Waals surface area contributed by atoms with Gasteiger partial charge in [0.1, 0.15) is 0 Å². The van der Waals surface area contributed by atoms with Gasteiger partial charge in [0.15, 0.2) is 0 Å². The van der Waals surface area contributed by atoms with Gasteiger partial charge in [-0.1, -0.05) is 13.8 Å². The molecule has 1 saturated carbocycles. The van der Waals surface area contributed by atoms with E-state index < -0.39 is 0 Å². The van der Waals surface area contributed by atoms with Crippen LogP contribution in [0.25, 0.3) is 0 Å². The highest BCUT2D eigenvalue weighted by molar-refractivity contribution is 5.74. The molecule has 1 aliphatic carbocycles. The summed E-state index contributed by atoms with van der Waals surface area (Å²) in [4.78, 5) is 11.7. The third kappa shape index (κ3) is 2.95. The number of rotatable bonds is 6. The van der Waals surface area contributed by atoms with Crippen LogP contribution in [0.3, 0.4) is 0 Å². The molecule has 0 saturated heterocycles. The second-order valence-electron chi connectivity index (χ2n) is 5.51. The summed E-state index contributed by atoms with van der Waals surface area (Å²) in [5.41, 5.74) is -0.213. The van der Waals surface area contributed by atoms with Gasteiger partial charge >= 0.3 is 6.03 Å². The van der Waals surface area contributed by atoms with Crippen molar-refractivity contribution in [1.29, 1.82) is 0 Å². The molecule has 0 aromatic heterocycles. The number of amides is 2. The quantitative estimate of drug-likeness (QED) is 0.710. The molecule has 0 unspecified atom stereocenters. The van der Waals surface area contributed by atoms with Gasteiger partial charge in [-0.2, -0.15) is 0 Å². The highest BCUT2D eigenvalue weighted by Crippen LogP contribution is 2.51. The second-order valence-corrected chi connectivity index (χ2v) is 5.51. The van der Waals surface area contributed by atoms with Gasteiger partial charge in [-0.05, 0) is 20.3 Å². The average Bonchev–Trinajstić information content (AvgIpc) is 2.33. The minimum Gasteiger partial charge on any atom is -0.380 e. The van der Waals surface area contributed by atoms with E-state index in [9.17, 15) is 4.79 Å². The molecular weight excluding hydrogens is 232 g/mol. The number of hydrogen-bond donors (Lipinski definition) is 2. The van der Waals surface area contributed by atoms with E-state index in [2.05, 4.69) is 31.4 Å². The van der Waals surface area contributed by atoms with E-state index in [0.29, 0.717) is 19.8 Å². The van der Waals surface area contributed by atoms with Gasteiger partial charge in [0, 0.05) is 31.7 Å². The number of nitrogens with one attached hydrogen (secondary N) is 2. The topological polar surface area (TPSA) is 59.6 Å². The number of carbonyl (C=O) groups excluding carboxylic acids is 1. The average molecular weight is 258 g/mol. The lowest BCUT2D eigenvalue weighted by atomic mass is 9.56. The molecular formula is C13H26N2O3. The first kappa shape index (κ1) is 15.2. The van der Waals surface area contributed by atoms with Crippen molar-refractivity contribution in [3.8, 4) is 0 Å². The maximum absolute atomic E-state index is 11.7. The van der Waals surface area contributed by atoms with Crippen molar-refractivity contribution in [3.63, 3.8) is 0 Å². The summed E-state index contributed by atoms with van der Waals surface area (Å²) in [6.45, 7) is 10.0. The maximum Gasteiger partial charge on any atom is 0.315 e. The Bertz CT molecular complexity index is 294. The van der Waals surface area contributed by atoms with Crippen LogP contribution in [0.2, 0.25) is 0 Å². The number of hydrogen-bond acceptors (Lipinski definition) is 3. The minimum atomic E-state index is -0.156. The van der Waals surface area contributed by atoms with Crippen molar-refractivity contribution in [2.24, 2.45) is 5.41 Å². The van der Waals surface area contributed by atoms with Crippen LogP contribution in [0.1, 0.15) is 34.1 Å². The highest BCUT2D eigenvalue weighted by Gasteiger charge is 2.58. The molecule has 0 spiro atoms. The lowest BCUT2D eigenvalue weighted by molar-refractivity contribution is -0.177. The molecule has 2 amide bonds. The highest BCUT2D eigenvalue weighted by atomic mass is 16.5. The van der Waals surface area contributed by atoms with Crippen molar-refractivity contribution in [3.05, 3.63) is 0 Å². The first-order chi connectivity index (χ1) is 8.37. The first-order valence-corrected chi connectivity index (χ1v) is 6.54. The Labute approximate surface area is 110 Å². The van der Waals surface area contributed by atoms with Gasteiger partial charge in [0.05, 0.1) is 12.2 Å². The monoisotopic (exact) mass is 258 g/mol. The third-order valence-corrected chi connectivity index (χ3v) is 4.32. The zero-order valence-corrected chi connectivity index (χ0v) is 12.1. The molecule has 5 heteroatoms. The molecule has 18 heavy (non-hydrogen) atoms. The maximum atomic E-state index is 11.7. The van der Waals surface area contributed by atoms with E-state index in [-0.39, 0.29) is 23.1 Å². The summed E-state index contributed by atoms with van der Waals surface area (Å²) in [5, 5.41) is 5.77. The Hall–Kier alpha value is -0.810. The fraction of sp³-hybridized carbons (Fsp3) is 0.923. The Morgan fingerprint density at radius 1 is 1.39 bits per heavy atom. The second kappa shape index (κ2) is 5.89. The smallest absolute Gasteiger partial charge is 0.315 e. The van der Waals surface area contributed by atoms with Crippen LogP contribution in [0.5, 0.6) is 0 Å². The van der Waals surface area contributed by atoms with Crippen LogP contribution < -0.4 is 10.6 Å². The van der Waals surface area contributed by atoms with E-state index in [0.717, 1.165) is 6.42 Å². The normalized spacial score (nSPS) is 29.5. The van der Waals surface area contributed by atoms with E-state index in [1.165, 1.54) is 0 Å². The molecule has 2 atom stereocenters. The largest absolute Gasteiger partial charge is 0.380 e. The fourth-order valence-electron chi connectivity index (χ4n) is 2.31. The van der Waals surface area contributed by atoms with Crippen molar-refractivity contribution in [2.75, 3.05) is 26.9 Å². The molecule has 0 aliphatic heterocycles. The molecule has 1 fully saturated rings. The third-order valence-electron chi connectivity index (χ3n) is 4.32. The van der Waals surface area contributed by atoms with Gasteiger partial charge < -0.3 is 20.1 Å². The molecule has 0 radical (unpaired) electrons. The lowest BCUT2D eigenvalue weighted by Crippen LogP contribution is -2.69. The Kier molecular flexibility index (Phi) is 4.99. The van der Waals surface area contributed by atoms with Crippen LogP contribution in [-0.4, -0.2) is 44.5 Å². The first-order valence-electron chi connectivity index (χ1n) is 6.54. The molecule has 0 heterocycles. The van der Waals surface area contributed by atoms with Gasteiger partial charge in [-0.15, -0.1) is 0 Å². The van der Waals surface area contributed by atoms with Crippen molar-refractivity contribution >= 4 is 6.03 Å². The van der Waals surface area contributed by atoms with Gasteiger partial charge in [0.2, 0.25) is 0 Å². The van der Waals surface area contributed by atoms with Gasteiger partial charge in [-0.3, -0.25) is 0 Å². The summed E-state index contributed by atoms with van der Waals surface area (Å²) in [7, 11) is 1.72. The standard InChI is InChI=1S/C13H26N2O3/c1-6-18-8-7-14-11(16)15-10-9-13(4,17-5)12(10,2)3/h10H,6-9H2,1-5H3,(H2,14,15,16)/t10-,13-/m0/s1. The molecule has 1 rings (SSSR count). The van der Waals surface area contributed by atoms with E-state index >= 15 is 0 Å².